The Hall–Kier alpha value is -1.25. The first kappa shape index (κ1) is 16.8. The van der Waals surface area contributed by atoms with Gasteiger partial charge in [0.25, 0.3) is 10.2 Å². The minimum absolute atomic E-state index is 0.127. The van der Waals surface area contributed by atoms with Crippen LogP contribution in [-0.4, -0.2) is 41.9 Å². The van der Waals surface area contributed by atoms with E-state index >= 15 is 0 Å². The molecule has 0 bridgehead atoms. The number of aromatic nitrogens is 2. The van der Waals surface area contributed by atoms with Crippen molar-refractivity contribution < 1.29 is 8.42 Å². The molecule has 1 aromatic heterocycles. The molecule has 0 atom stereocenters. The molecule has 1 N–H and O–H groups in total. The first-order chi connectivity index (χ1) is 9.15. The second-order valence-corrected chi connectivity index (χ2v) is 6.80. The van der Waals surface area contributed by atoms with Gasteiger partial charge in [0.1, 0.15) is 0 Å². The largest absolute Gasteiger partial charge is 0.348 e. The van der Waals surface area contributed by atoms with E-state index in [1.807, 2.05) is 0 Å². The second kappa shape index (κ2) is 6.47. The minimum atomic E-state index is -3.52. The van der Waals surface area contributed by atoms with Gasteiger partial charge < -0.3 is 0 Å². The van der Waals surface area contributed by atoms with E-state index in [1.165, 1.54) is 15.9 Å². The summed E-state index contributed by atoms with van der Waals surface area (Å²) in [5.74, 6) is 0. The summed E-state index contributed by atoms with van der Waals surface area (Å²) >= 11 is 0. The molecule has 20 heavy (non-hydrogen) atoms. The Morgan fingerprint density at radius 3 is 2.50 bits per heavy atom. The van der Waals surface area contributed by atoms with E-state index in [0.29, 0.717) is 5.69 Å². The summed E-state index contributed by atoms with van der Waals surface area (Å²) in [6.45, 7) is 7.52. The second-order valence-electron chi connectivity index (χ2n) is 4.98. The third kappa shape index (κ3) is 4.12. The van der Waals surface area contributed by atoms with E-state index in [-0.39, 0.29) is 24.8 Å². The van der Waals surface area contributed by atoms with Gasteiger partial charge in [-0.1, -0.05) is 0 Å². The standard InChI is InChI=1S/C12H22N4O3S/c1-9(2)15(5)20(18,19)13-6-7-16-11(4)8-10(3)14-12(16)17/h8-9,13H,6-7H2,1-5H3. The molecule has 0 aliphatic rings. The van der Waals surface area contributed by atoms with Gasteiger partial charge in [-0.3, -0.25) is 4.57 Å². The van der Waals surface area contributed by atoms with E-state index in [1.54, 1.807) is 33.8 Å². The Morgan fingerprint density at radius 1 is 1.40 bits per heavy atom. The van der Waals surface area contributed by atoms with Crippen LogP contribution < -0.4 is 10.4 Å². The summed E-state index contributed by atoms with van der Waals surface area (Å²) in [5.41, 5.74) is 1.06. The SMILES string of the molecule is Cc1cc(C)n(CCNS(=O)(=O)N(C)C(C)C)c(=O)n1. The zero-order valence-corrected chi connectivity index (χ0v) is 13.4. The van der Waals surface area contributed by atoms with Gasteiger partial charge in [0, 0.05) is 37.6 Å². The molecule has 0 saturated carbocycles. The van der Waals surface area contributed by atoms with Crippen molar-refractivity contribution in [3.05, 3.63) is 27.9 Å². The van der Waals surface area contributed by atoms with Gasteiger partial charge in [0.15, 0.2) is 0 Å². The lowest BCUT2D eigenvalue weighted by Crippen LogP contribution is -2.43. The highest BCUT2D eigenvalue weighted by atomic mass is 32.2. The number of nitrogens with one attached hydrogen (secondary N) is 1. The summed E-state index contributed by atoms with van der Waals surface area (Å²) in [7, 11) is -2.00. The van der Waals surface area contributed by atoms with Crippen LogP contribution in [0.5, 0.6) is 0 Å². The lowest BCUT2D eigenvalue weighted by molar-refractivity contribution is 0.401. The Kier molecular flexibility index (Phi) is 5.43. The lowest BCUT2D eigenvalue weighted by atomic mass is 10.3. The molecule has 1 heterocycles. The molecule has 0 fully saturated rings. The average Bonchev–Trinajstić information content (AvgIpc) is 2.31. The fraction of sp³-hybridized carbons (Fsp3) is 0.667. The van der Waals surface area contributed by atoms with Crippen molar-refractivity contribution in [1.82, 2.24) is 18.6 Å². The fourth-order valence-corrected chi connectivity index (χ4v) is 2.82. The van der Waals surface area contributed by atoms with Crippen molar-refractivity contribution in [2.24, 2.45) is 0 Å². The quantitative estimate of drug-likeness (QED) is 0.804. The van der Waals surface area contributed by atoms with E-state index in [9.17, 15) is 13.2 Å². The van der Waals surface area contributed by atoms with E-state index in [0.717, 1.165) is 5.69 Å². The molecule has 0 saturated heterocycles. The summed E-state index contributed by atoms with van der Waals surface area (Å²) in [6, 6.07) is 1.66. The zero-order valence-electron chi connectivity index (χ0n) is 12.5. The summed E-state index contributed by atoms with van der Waals surface area (Å²) in [5, 5.41) is 0. The molecule has 0 amide bonds. The third-order valence-electron chi connectivity index (χ3n) is 3.07. The topological polar surface area (TPSA) is 84.3 Å². The molecule has 0 radical (unpaired) electrons. The highest BCUT2D eigenvalue weighted by Gasteiger charge is 2.19. The Labute approximate surface area is 119 Å². The molecule has 8 heteroatoms. The van der Waals surface area contributed by atoms with Crippen LogP contribution in [0.15, 0.2) is 10.9 Å². The first-order valence-corrected chi connectivity index (χ1v) is 7.87. The van der Waals surface area contributed by atoms with E-state index < -0.39 is 10.2 Å². The number of nitrogens with zero attached hydrogens (tertiary/aromatic N) is 3. The summed E-state index contributed by atoms with van der Waals surface area (Å²) in [6.07, 6.45) is 0. The first-order valence-electron chi connectivity index (χ1n) is 6.43. The maximum atomic E-state index is 11.9. The minimum Gasteiger partial charge on any atom is -0.295 e. The van der Waals surface area contributed by atoms with Crippen LogP contribution in [0.1, 0.15) is 25.2 Å². The number of hydrogen-bond donors (Lipinski definition) is 1. The normalized spacial score (nSPS) is 12.3. The zero-order chi connectivity index (χ0) is 15.5. The summed E-state index contributed by atoms with van der Waals surface area (Å²) in [4.78, 5) is 15.6. The fourth-order valence-electron chi connectivity index (χ4n) is 1.71. The molecule has 1 rings (SSSR count). The molecule has 0 aliphatic heterocycles. The smallest absolute Gasteiger partial charge is 0.295 e. The molecule has 0 spiro atoms. The predicted molar refractivity (Wildman–Crippen MR) is 77.8 cm³/mol. The van der Waals surface area contributed by atoms with Gasteiger partial charge in [0.2, 0.25) is 0 Å². The van der Waals surface area contributed by atoms with Crippen LogP contribution in [0.3, 0.4) is 0 Å². The van der Waals surface area contributed by atoms with Gasteiger partial charge in [-0.05, 0) is 33.8 Å². The van der Waals surface area contributed by atoms with Crippen LogP contribution in [-0.2, 0) is 16.8 Å². The van der Waals surface area contributed by atoms with Crippen molar-refractivity contribution in [1.29, 1.82) is 0 Å². The molecule has 114 valence electrons. The van der Waals surface area contributed by atoms with E-state index in [4.69, 9.17) is 0 Å². The summed E-state index contributed by atoms with van der Waals surface area (Å²) < 4.78 is 29.0. The third-order valence-corrected chi connectivity index (χ3v) is 4.82. The molecule has 0 unspecified atom stereocenters. The van der Waals surface area contributed by atoms with Crippen molar-refractivity contribution in [2.75, 3.05) is 13.6 Å². The lowest BCUT2D eigenvalue weighted by Gasteiger charge is -2.21. The van der Waals surface area contributed by atoms with Gasteiger partial charge in [0.05, 0.1) is 0 Å². The molecular formula is C12H22N4O3S. The number of hydrogen-bond acceptors (Lipinski definition) is 4. The number of rotatable bonds is 6. The van der Waals surface area contributed by atoms with Crippen molar-refractivity contribution in [2.45, 2.75) is 40.3 Å². The van der Waals surface area contributed by atoms with E-state index in [2.05, 4.69) is 9.71 Å². The van der Waals surface area contributed by atoms with Crippen LogP contribution in [0.25, 0.3) is 0 Å². The average molecular weight is 302 g/mol. The Balaban J connectivity index is 2.73. The van der Waals surface area contributed by atoms with Crippen molar-refractivity contribution in [3.8, 4) is 0 Å². The highest BCUT2D eigenvalue weighted by Crippen LogP contribution is 2.01. The Bertz CT molecular complexity index is 622. The molecular weight excluding hydrogens is 280 g/mol. The van der Waals surface area contributed by atoms with Gasteiger partial charge in [-0.2, -0.15) is 17.7 Å². The maximum Gasteiger partial charge on any atom is 0.348 e. The maximum absolute atomic E-state index is 11.9. The van der Waals surface area contributed by atoms with Gasteiger partial charge >= 0.3 is 5.69 Å². The van der Waals surface area contributed by atoms with Crippen LogP contribution in [0.4, 0.5) is 0 Å². The van der Waals surface area contributed by atoms with Gasteiger partial charge in [-0.25, -0.2) is 9.52 Å². The monoisotopic (exact) mass is 302 g/mol. The molecule has 7 nitrogen and oxygen atoms in total. The Morgan fingerprint density at radius 2 is 2.00 bits per heavy atom. The van der Waals surface area contributed by atoms with Crippen molar-refractivity contribution in [3.63, 3.8) is 0 Å². The predicted octanol–water partition coefficient (Wildman–Crippen LogP) is 0.0347. The molecule has 0 aromatic carbocycles. The van der Waals surface area contributed by atoms with Crippen molar-refractivity contribution >= 4 is 10.2 Å². The molecule has 0 aliphatic carbocycles. The van der Waals surface area contributed by atoms with Crippen LogP contribution in [0.2, 0.25) is 0 Å². The number of aryl methyl sites for hydroxylation is 2. The van der Waals surface area contributed by atoms with Gasteiger partial charge in [-0.15, -0.1) is 0 Å². The molecule has 1 aromatic rings. The highest BCUT2D eigenvalue weighted by molar-refractivity contribution is 7.87. The van der Waals surface area contributed by atoms with Crippen LogP contribution >= 0.6 is 0 Å². The van der Waals surface area contributed by atoms with Crippen LogP contribution in [0, 0.1) is 13.8 Å².